The van der Waals surface area contributed by atoms with Gasteiger partial charge >= 0.3 is 0 Å². The molecule has 0 amide bonds. The Hall–Kier alpha value is -1.10. The summed E-state index contributed by atoms with van der Waals surface area (Å²) < 4.78 is 5.75. The Bertz CT molecular complexity index is 386. The van der Waals surface area contributed by atoms with Gasteiger partial charge in [-0.25, -0.2) is 0 Å². The zero-order valence-electron chi connectivity index (χ0n) is 13.9. The van der Waals surface area contributed by atoms with Gasteiger partial charge in [0.1, 0.15) is 18.5 Å². The van der Waals surface area contributed by atoms with Crippen molar-refractivity contribution in [3.8, 4) is 5.75 Å². The molecular weight excluding hydrogens is 264 g/mol. The molecule has 2 N–H and O–H groups in total. The van der Waals surface area contributed by atoms with Crippen molar-refractivity contribution in [2.75, 3.05) is 39.3 Å². The van der Waals surface area contributed by atoms with Crippen molar-refractivity contribution in [3.05, 3.63) is 29.3 Å². The molecule has 1 rings (SSSR count). The molecule has 1 aromatic carbocycles. The van der Waals surface area contributed by atoms with Crippen LogP contribution in [0, 0.1) is 13.8 Å². The summed E-state index contributed by atoms with van der Waals surface area (Å²) in [5.74, 6) is 0.889. The normalized spacial score (nSPS) is 12.7. The molecule has 0 spiro atoms. The van der Waals surface area contributed by atoms with Gasteiger partial charge in [-0.05, 0) is 38.1 Å². The standard InChI is InChI=1S/C17H30N2O2/c1-5-19(6-2)11-10-18-12-16(20)13-21-17-14(3)8-7-9-15(17)4/h7-9,16,18,20H,5-6,10-13H2,1-4H3. The minimum Gasteiger partial charge on any atom is -0.490 e. The van der Waals surface area contributed by atoms with Crippen LogP contribution in [-0.2, 0) is 0 Å². The number of ether oxygens (including phenoxy) is 1. The van der Waals surface area contributed by atoms with Gasteiger partial charge in [0.25, 0.3) is 0 Å². The molecule has 4 nitrogen and oxygen atoms in total. The number of hydrogen-bond donors (Lipinski definition) is 2. The van der Waals surface area contributed by atoms with Crippen molar-refractivity contribution in [1.29, 1.82) is 0 Å². The molecule has 0 heterocycles. The summed E-state index contributed by atoms with van der Waals surface area (Å²) in [6.45, 7) is 13.3. The summed E-state index contributed by atoms with van der Waals surface area (Å²) in [5, 5.41) is 13.2. The van der Waals surface area contributed by atoms with E-state index < -0.39 is 6.10 Å². The minimum atomic E-state index is -0.485. The number of para-hydroxylation sites is 1. The number of benzene rings is 1. The summed E-state index contributed by atoms with van der Waals surface area (Å²) in [5.41, 5.74) is 2.22. The Labute approximate surface area is 129 Å². The number of aliphatic hydroxyl groups is 1. The first kappa shape index (κ1) is 18.0. The number of rotatable bonds is 10. The van der Waals surface area contributed by atoms with Gasteiger partial charge in [-0.3, -0.25) is 0 Å². The van der Waals surface area contributed by atoms with Crippen molar-refractivity contribution in [3.63, 3.8) is 0 Å². The Kier molecular flexibility index (Phi) is 8.35. The highest BCUT2D eigenvalue weighted by atomic mass is 16.5. The topological polar surface area (TPSA) is 44.7 Å². The van der Waals surface area contributed by atoms with Crippen LogP contribution in [0.25, 0.3) is 0 Å². The number of likely N-dealkylation sites (N-methyl/N-ethyl adjacent to an activating group) is 1. The van der Waals surface area contributed by atoms with E-state index in [-0.39, 0.29) is 0 Å². The second-order valence-electron chi connectivity index (χ2n) is 5.42. The number of hydrogen-bond acceptors (Lipinski definition) is 4. The van der Waals surface area contributed by atoms with Crippen LogP contribution in [0.1, 0.15) is 25.0 Å². The van der Waals surface area contributed by atoms with Gasteiger partial charge in [0.2, 0.25) is 0 Å². The van der Waals surface area contributed by atoms with Crippen LogP contribution in [0.4, 0.5) is 0 Å². The van der Waals surface area contributed by atoms with Crippen molar-refractivity contribution >= 4 is 0 Å². The first-order valence-electron chi connectivity index (χ1n) is 7.88. The molecule has 0 aliphatic carbocycles. The average Bonchev–Trinajstić information content (AvgIpc) is 2.47. The molecule has 21 heavy (non-hydrogen) atoms. The Morgan fingerprint density at radius 3 is 2.38 bits per heavy atom. The molecule has 1 aromatic rings. The lowest BCUT2D eigenvalue weighted by Gasteiger charge is -2.19. The summed E-state index contributed by atoms with van der Waals surface area (Å²) in [6, 6.07) is 6.07. The van der Waals surface area contributed by atoms with Crippen LogP contribution in [-0.4, -0.2) is 55.4 Å². The summed E-state index contributed by atoms with van der Waals surface area (Å²) in [7, 11) is 0. The second-order valence-corrected chi connectivity index (χ2v) is 5.42. The van der Waals surface area contributed by atoms with E-state index in [4.69, 9.17) is 4.74 Å². The van der Waals surface area contributed by atoms with Crippen LogP contribution < -0.4 is 10.1 Å². The number of nitrogens with one attached hydrogen (secondary N) is 1. The maximum Gasteiger partial charge on any atom is 0.125 e. The Balaban J connectivity index is 2.24. The molecular formula is C17H30N2O2. The van der Waals surface area contributed by atoms with Gasteiger partial charge in [-0.2, -0.15) is 0 Å². The van der Waals surface area contributed by atoms with Gasteiger partial charge < -0.3 is 20.1 Å². The number of aryl methyl sites for hydroxylation is 2. The molecule has 0 fully saturated rings. The van der Waals surface area contributed by atoms with E-state index in [0.29, 0.717) is 13.2 Å². The van der Waals surface area contributed by atoms with E-state index >= 15 is 0 Å². The fraction of sp³-hybridized carbons (Fsp3) is 0.647. The van der Waals surface area contributed by atoms with Gasteiger partial charge in [0, 0.05) is 19.6 Å². The van der Waals surface area contributed by atoms with E-state index in [0.717, 1.165) is 43.1 Å². The third-order valence-corrected chi connectivity index (χ3v) is 3.71. The quantitative estimate of drug-likeness (QED) is 0.648. The van der Waals surface area contributed by atoms with E-state index in [2.05, 4.69) is 24.1 Å². The molecule has 120 valence electrons. The largest absolute Gasteiger partial charge is 0.490 e. The monoisotopic (exact) mass is 294 g/mol. The minimum absolute atomic E-state index is 0.323. The van der Waals surface area contributed by atoms with Crippen molar-refractivity contribution in [2.24, 2.45) is 0 Å². The Morgan fingerprint density at radius 1 is 1.19 bits per heavy atom. The maximum atomic E-state index is 9.97. The molecule has 1 unspecified atom stereocenters. The van der Waals surface area contributed by atoms with Crippen molar-refractivity contribution in [1.82, 2.24) is 10.2 Å². The number of nitrogens with zero attached hydrogens (tertiary/aromatic N) is 1. The number of aliphatic hydroxyl groups excluding tert-OH is 1. The molecule has 0 aliphatic rings. The predicted octanol–water partition coefficient (Wildman–Crippen LogP) is 1.97. The van der Waals surface area contributed by atoms with Gasteiger partial charge in [-0.15, -0.1) is 0 Å². The molecule has 1 atom stereocenters. The Morgan fingerprint density at radius 2 is 1.81 bits per heavy atom. The molecule has 0 aliphatic heterocycles. The molecule has 4 heteroatoms. The first-order valence-corrected chi connectivity index (χ1v) is 7.88. The lowest BCUT2D eigenvalue weighted by Crippen LogP contribution is -2.37. The SMILES string of the molecule is CCN(CC)CCNCC(O)COc1c(C)cccc1C. The molecule has 0 aromatic heterocycles. The lowest BCUT2D eigenvalue weighted by molar-refractivity contribution is 0.105. The predicted molar refractivity (Wildman–Crippen MR) is 88.1 cm³/mol. The average molecular weight is 294 g/mol. The fourth-order valence-electron chi connectivity index (χ4n) is 2.31. The highest BCUT2D eigenvalue weighted by Gasteiger charge is 2.08. The fourth-order valence-corrected chi connectivity index (χ4v) is 2.31. The zero-order chi connectivity index (χ0) is 15.7. The first-order chi connectivity index (χ1) is 10.1. The zero-order valence-corrected chi connectivity index (χ0v) is 13.9. The summed E-state index contributed by atoms with van der Waals surface area (Å²) in [6.07, 6.45) is -0.485. The van der Waals surface area contributed by atoms with Crippen LogP contribution in [0.3, 0.4) is 0 Å². The lowest BCUT2D eigenvalue weighted by atomic mass is 10.1. The molecule has 0 bridgehead atoms. The highest BCUT2D eigenvalue weighted by Crippen LogP contribution is 2.22. The van der Waals surface area contributed by atoms with Gasteiger partial charge in [-0.1, -0.05) is 32.0 Å². The van der Waals surface area contributed by atoms with E-state index in [1.165, 1.54) is 0 Å². The van der Waals surface area contributed by atoms with Crippen molar-refractivity contribution in [2.45, 2.75) is 33.8 Å². The van der Waals surface area contributed by atoms with Gasteiger partial charge in [0.05, 0.1) is 0 Å². The van der Waals surface area contributed by atoms with Crippen LogP contribution >= 0.6 is 0 Å². The van der Waals surface area contributed by atoms with Crippen LogP contribution in [0.15, 0.2) is 18.2 Å². The smallest absolute Gasteiger partial charge is 0.125 e. The van der Waals surface area contributed by atoms with E-state index in [1.807, 2.05) is 32.0 Å². The summed E-state index contributed by atoms with van der Waals surface area (Å²) in [4.78, 5) is 2.35. The second kappa shape index (κ2) is 9.77. The van der Waals surface area contributed by atoms with Crippen LogP contribution in [0.5, 0.6) is 5.75 Å². The third kappa shape index (κ3) is 6.46. The highest BCUT2D eigenvalue weighted by molar-refractivity contribution is 5.39. The molecule has 0 saturated heterocycles. The molecule has 0 saturated carbocycles. The van der Waals surface area contributed by atoms with E-state index in [1.54, 1.807) is 0 Å². The third-order valence-electron chi connectivity index (χ3n) is 3.71. The van der Waals surface area contributed by atoms with Crippen molar-refractivity contribution < 1.29 is 9.84 Å². The molecule has 0 radical (unpaired) electrons. The van der Waals surface area contributed by atoms with E-state index in [9.17, 15) is 5.11 Å². The van der Waals surface area contributed by atoms with Crippen LogP contribution in [0.2, 0.25) is 0 Å². The van der Waals surface area contributed by atoms with Gasteiger partial charge in [0.15, 0.2) is 0 Å². The maximum absolute atomic E-state index is 9.97. The summed E-state index contributed by atoms with van der Waals surface area (Å²) >= 11 is 0.